The van der Waals surface area contributed by atoms with Gasteiger partial charge in [-0.05, 0) is 40.6 Å². The van der Waals surface area contributed by atoms with E-state index in [0.717, 1.165) is 17.3 Å². The topological polar surface area (TPSA) is 98.1 Å². The fourth-order valence-corrected chi connectivity index (χ4v) is 5.98. The van der Waals surface area contributed by atoms with Crippen LogP contribution in [0.2, 0.25) is 0 Å². The van der Waals surface area contributed by atoms with Crippen LogP contribution in [0, 0.1) is 5.82 Å². The Morgan fingerprint density at radius 1 is 1.19 bits per heavy atom. The fraction of sp³-hybridized carbons (Fsp3) is 0.300. The minimum atomic E-state index is -3.14. The molecule has 0 bridgehead atoms. The molecular formula is C20H20FN5O3S2. The average molecular weight is 462 g/mol. The van der Waals surface area contributed by atoms with Crippen molar-refractivity contribution in [3.05, 3.63) is 66.0 Å². The van der Waals surface area contributed by atoms with Gasteiger partial charge < -0.3 is 4.90 Å². The van der Waals surface area contributed by atoms with Crippen molar-refractivity contribution in [3.63, 3.8) is 0 Å². The van der Waals surface area contributed by atoms with Crippen molar-refractivity contribution in [1.29, 1.82) is 0 Å². The van der Waals surface area contributed by atoms with Crippen molar-refractivity contribution in [3.8, 4) is 5.69 Å². The van der Waals surface area contributed by atoms with Crippen LogP contribution in [0.3, 0.4) is 0 Å². The van der Waals surface area contributed by atoms with Crippen LogP contribution in [0.1, 0.15) is 12.0 Å². The molecule has 1 aliphatic rings. The first-order valence-corrected chi connectivity index (χ1v) is 12.4. The summed E-state index contributed by atoms with van der Waals surface area (Å²) in [7, 11) is -3.14. The van der Waals surface area contributed by atoms with Gasteiger partial charge in [-0.1, -0.05) is 48.2 Å². The maximum Gasteiger partial charge on any atom is 0.233 e. The molecular weight excluding hydrogens is 441 g/mol. The number of hydrogen-bond acceptors (Lipinski definition) is 7. The first-order chi connectivity index (χ1) is 14.9. The zero-order valence-corrected chi connectivity index (χ0v) is 18.1. The van der Waals surface area contributed by atoms with Crippen molar-refractivity contribution in [2.24, 2.45) is 0 Å². The Kier molecular flexibility index (Phi) is 6.33. The Hall–Kier alpha value is -2.79. The van der Waals surface area contributed by atoms with Crippen LogP contribution in [0.4, 0.5) is 4.39 Å². The number of carbonyl (C=O) groups excluding carboxylic acids is 1. The number of hydrogen-bond donors (Lipinski definition) is 0. The van der Waals surface area contributed by atoms with E-state index in [4.69, 9.17) is 0 Å². The lowest BCUT2D eigenvalue weighted by Gasteiger charge is -2.28. The molecule has 1 amide bonds. The summed E-state index contributed by atoms with van der Waals surface area (Å²) < 4.78 is 38.9. The number of nitrogens with zero attached hydrogens (tertiary/aromatic N) is 5. The minimum Gasteiger partial charge on any atom is -0.334 e. The second-order valence-electron chi connectivity index (χ2n) is 7.21. The quantitative estimate of drug-likeness (QED) is 0.497. The van der Waals surface area contributed by atoms with E-state index in [1.807, 2.05) is 30.3 Å². The highest BCUT2D eigenvalue weighted by atomic mass is 32.2. The van der Waals surface area contributed by atoms with Crippen molar-refractivity contribution < 1.29 is 17.6 Å². The smallest absolute Gasteiger partial charge is 0.233 e. The first kappa shape index (κ1) is 21.4. The lowest BCUT2D eigenvalue weighted by atomic mass is 10.1. The van der Waals surface area contributed by atoms with Crippen LogP contribution < -0.4 is 0 Å². The van der Waals surface area contributed by atoms with E-state index >= 15 is 0 Å². The largest absolute Gasteiger partial charge is 0.334 e. The predicted octanol–water partition coefficient (Wildman–Crippen LogP) is 2.11. The van der Waals surface area contributed by atoms with Crippen molar-refractivity contribution in [2.45, 2.75) is 24.2 Å². The molecule has 0 spiro atoms. The summed E-state index contributed by atoms with van der Waals surface area (Å²) in [5.74, 6) is -0.543. The Morgan fingerprint density at radius 2 is 2.00 bits per heavy atom. The predicted molar refractivity (Wildman–Crippen MR) is 114 cm³/mol. The molecule has 11 heteroatoms. The molecule has 4 rings (SSSR count). The van der Waals surface area contributed by atoms with Gasteiger partial charge >= 0.3 is 0 Å². The number of tetrazole rings is 1. The molecule has 0 N–H and O–H groups in total. The van der Waals surface area contributed by atoms with Gasteiger partial charge in [-0.25, -0.2) is 12.8 Å². The maximum absolute atomic E-state index is 13.6. The van der Waals surface area contributed by atoms with Crippen molar-refractivity contribution in [1.82, 2.24) is 25.1 Å². The third-order valence-corrected chi connectivity index (χ3v) is 7.64. The molecule has 3 aromatic rings. The monoisotopic (exact) mass is 461 g/mol. The lowest BCUT2D eigenvalue weighted by molar-refractivity contribution is -0.130. The van der Waals surface area contributed by atoms with E-state index in [1.54, 1.807) is 17.0 Å². The highest BCUT2D eigenvalue weighted by Crippen LogP contribution is 2.24. The number of carbonyl (C=O) groups is 1. The Balaban J connectivity index is 1.50. The van der Waals surface area contributed by atoms with E-state index in [2.05, 4.69) is 15.5 Å². The van der Waals surface area contributed by atoms with Crippen LogP contribution >= 0.6 is 11.8 Å². The summed E-state index contributed by atoms with van der Waals surface area (Å²) in [6.45, 7) is 0.329. The highest BCUT2D eigenvalue weighted by molar-refractivity contribution is 7.99. The molecule has 0 aliphatic carbocycles. The molecule has 31 heavy (non-hydrogen) atoms. The number of benzene rings is 2. The fourth-order valence-electron chi connectivity index (χ4n) is 3.47. The second kappa shape index (κ2) is 9.15. The number of aromatic nitrogens is 4. The molecule has 1 fully saturated rings. The van der Waals surface area contributed by atoms with Gasteiger partial charge in [-0.2, -0.15) is 4.68 Å². The molecule has 0 radical (unpaired) electrons. The average Bonchev–Trinajstić information content (AvgIpc) is 3.37. The van der Waals surface area contributed by atoms with Crippen molar-refractivity contribution >= 4 is 27.5 Å². The van der Waals surface area contributed by atoms with E-state index in [9.17, 15) is 17.6 Å². The number of thioether (sulfide) groups is 1. The molecule has 1 aliphatic heterocycles. The third kappa shape index (κ3) is 5.28. The molecule has 1 aromatic heterocycles. The number of rotatable bonds is 7. The van der Waals surface area contributed by atoms with Gasteiger partial charge in [0, 0.05) is 12.6 Å². The summed E-state index contributed by atoms with van der Waals surface area (Å²) in [5, 5.41) is 11.8. The van der Waals surface area contributed by atoms with Gasteiger partial charge in [0.15, 0.2) is 9.84 Å². The van der Waals surface area contributed by atoms with Gasteiger partial charge in [-0.15, -0.1) is 5.10 Å². The molecule has 2 aromatic carbocycles. The standard InChI is InChI=1S/C20H20FN5O3S2/c21-16-7-4-8-17(11-16)26-20(22-23-24-26)30-13-19(27)25(12-15-5-2-1-3-6-15)18-9-10-31(28,29)14-18/h1-8,11,18H,9-10,12-14H2/t18-/m1/s1. The molecule has 1 atom stereocenters. The molecule has 162 valence electrons. The van der Waals surface area contributed by atoms with E-state index in [-0.39, 0.29) is 29.2 Å². The maximum atomic E-state index is 13.6. The number of sulfone groups is 1. The Labute approximate surface area is 183 Å². The van der Waals surface area contributed by atoms with Crippen LogP contribution in [0.25, 0.3) is 5.69 Å². The van der Waals surface area contributed by atoms with Gasteiger partial charge in [0.25, 0.3) is 0 Å². The van der Waals surface area contributed by atoms with Gasteiger partial charge in [0.2, 0.25) is 11.1 Å². The minimum absolute atomic E-state index is 0.0269. The summed E-state index contributed by atoms with van der Waals surface area (Å²) in [6, 6.07) is 14.9. The van der Waals surface area contributed by atoms with E-state index < -0.39 is 15.7 Å². The van der Waals surface area contributed by atoms with Crippen LogP contribution in [-0.2, 0) is 21.2 Å². The lowest BCUT2D eigenvalue weighted by Crippen LogP contribution is -2.41. The van der Waals surface area contributed by atoms with E-state index in [1.165, 1.54) is 16.8 Å². The normalized spacial score (nSPS) is 17.5. The SMILES string of the molecule is O=C(CSc1nnnn1-c1cccc(F)c1)N(Cc1ccccc1)[C@@H]1CCS(=O)(=O)C1. The van der Waals surface area contributed by atoms with Crippen LogP contribution in [-0.4, -0.2) is 62.7 Å². The summed E-state index contributed by atoms with van der Waals surface area (Å²) >= 11 is 1.12. The number of halogens is 1. The summed E-state index contributed by atoms with van der Waals surface area (Å²) in [4.78, 5) is 14.7. The van der Waals surface area contributed by atoms with Crippen LogP contribution in [0.15, 0.2) is 59.8 Å². The van der Waals surface area contributed by atoms with E-state index in [0.29, 0.717) is 23.8 Å². The summed E-state index contributed by atoms with van der Waals surface area (Å²) in [6.07, 6.45) is 0.423. The molecule has 0 unspecified atom stereocenters. The Morgan fingerprint density at radius 3 is 2.71 bits per heavy atom. The molecule has 0 saturated carbocycles. The van der Waals surface area contributed by atoms with Crippen LogP contribution in [0.5, 0.6) is 0 Å². The second-order valence-corrected chi connectivity index (χ2v) is 10.4. The van der Waals surface area contributed by atoms with Gasteiger partial charge in [0.05, 0.1) is 22.9 Å². The Bertz CT molecular complexity index is 1170. The zero-order valence-electron chi connectivity index (χ0n) is 16.5. The molecule has 8 nitrogen and oxygen atoms in total. The van der Waals surface area contributed by atoms with Crippen molar-refractivity contribution in [2.75, 3.05) is 17.3 Å². The first-order valence-electron chi connectivity index (χ1n) is 9.62. The molecule has 1 saturated heterocycles. The zero-order chi connectivity index (χ0) is 21.8. The molecule has 2 heterocycles. The summed E-state index contributed by atoms with van der Waals surface area (Å²) in [5.41, 5.74) is 1.37. The third-order valence-electron chi connectivity index (χ3n) is 4.98. The highest BCUT2D eigenvalue weighted by Gasteiger charge is 2.34. The number of amides is 1. The van der Waals surface area contributed by atoms with Gasteiger partial charge in [-0.3, -0.25) is 4.79 Å². The van der Waals surface area contributed by atoms with Gasteiger partial charge in [0.1, 0.15) is 5.82 Å².